The maximum atomic E-state index is 12.3. The van der Waals surface area contributed by atoms with Crippen LogP contribution in [0.2, 0.25) is 0 Å². The number of piperidine rings is 1. The van der Waals surface area contributed by atoms with Crippen LogP contribution in [-0.4, -0.2) is 48.6 Å². The topological polar surface area (TPSA) is 58.6 Å². The fraction of sp³-hybridized carbons (Fsp3) is 0.556. The summed E-state index contributed by atoms with van der Waals surface area (Å²) in [6, 6.07) is 7.72. The second-order valence-electron chi connectivity index (χ2n) is 6.44. The Morgan fingerprint density at radius 1 is 1.13 bits per heavy atom. The molecule has 1 unspecified atom stereocenters. The van der Waals surface area contributed by atoms with Gasteiger partial charge in [0.05, 0.1) is 0 Å². The SMILES string of the molecule is Cc1ccc(C(=O)NC2CCN(C(=O)C3CCCO3)CC2)cc1. The highest BCUT2D eigenvalue weighted by atomic mass is 16.5. The molecule has 0 spiro atoms. The molecule has 2 aliphatic heterocycles. The van der Waals surface area contributed by atoms with Gasteiger partial charge in [-0.1, -0.05) is 17.7 Å². The summed E-state index contributed by atoms with van der Waals surface area (Å²) in [7, 11) is 0. The van der Waals surface area contributed by atoms with Gasteiger partial charge in [0.25, 0.3) is 11.8 Å². The number of benzene rings is 1. The smallest absolute Gasteiger partial charge is 0.251 e. The van der Waals surface area contributed by atoms with E-state index in [1.165, 1.54) is 0 Å². The van der Waals surface area contributed by atoms with Gasteiger partial charge < -0.3 is 15.0 Å². The Kier molecular flexibility index (Phi) is 4.96. The third-order valence-electron chi connectivity index (χ3n) is 4.66. The zero-order valence-corrected chi connectivity index (χ0v) is 13.6. The molecule has 1 aromatic rings. The van der Waals surface area contributed by atoms with Gasteiger partial charge in [-0.15, -0.1) is 0 Å². The van der Waals surface area contributed by atoms with Gasteiger partial charge in [-0.25, -0.2) is 0 Å². The average molecular weight is 316 g/mol. The normalized spacial score (nSPS) is 22.1. The molecule has 5 nitrogen and oxygen atoms in total. The summed E-state index contributed by atoms with van der Waals surface area (Å²) in [6.07, 6.45) is 3.17. The summed E-state index contributed by atoms with van der Waals surface area (Å²) in [5.41, 5.74) is 1.83. The Hall–Kier alpha value is -1.88. The molecule has 2 fully saturated rings. The lowest BCUT2D eigenvalue weighted by molar-refractivity contribution is -0.142. The zero-order valence-electron chi connectivity index (χ0n) is 13.6. The van der Waals surface area contributed by atoms with Crippen LogP contribution in [0.3, 0.4) is 0 Å². The highest BCUT2D eigenvalue weighted by molar-refractivity contribution is 5.94. The standard InChI is InChI=1S/C18H24N2O3/c1-13-4-6-14(7-5-13)17(21)19-15-8-10-20(11-9-15)18(22)16-3-2-12-23-16/h4-7,15-16H,2-3,8-12H2,1H3,(H,19,21). The molecule has 2 heterocycles. The number of amides is 2. The van der Waals surface area contributed by atoms with Gasteiger partial charge in [-0.05, 0) is 44.7 Å². The molecule has 0 radical (unpaired) electrons. The second kappa shape index (κ2) is 7.13. The average Bonchev–Trinajstić information content (AvgIpc) is 3.10. The van der Waals surface area contributed by atoms with Gasteiger partial charge in [-0.2, -0.15) is 0 Å². The Morgan fingerprint density at radius 3 is 2.43 bits per heavy atom. The fourth-order valence-electron chi connectivity index (χ4n) is 3.19. The van der Waals surface area contributed by atoms with Gasteiger partial charge in [0.1, 0.15) is 6.10 Å². The summed E-state index contributed by atoms with van der Waals surface area (Å²) in [5.74, 6) is 0.0831. The predicted octanol–water partition coefficient (Wildman–Crippen LogP) is 1.89. The molecule has 124 valence electrons. The molecule has 5 heteroatoms. The predicted molar refractivity (Wildman–Crippen MR) is 87.2 cm³/mol. The fourth-order valence-corrected chi connectivity index (χ4v) is 3.19. The molecule has 23 heavy (non-hydrogen) atoms. The summed E-state index contributed by atoms with van der Waals surface area (Å²) >= 11 is 0. The Bertz CT molecular complexity index is 556. The van der Waals surface area contributed by atoms with E-state index in [4.69, 9.17) is 4.74 Å². The summed E-state index contributed by atoms with van der Waals surface area (Å²) < 4.78 is 5.47. The molecule has 1 N–H and O–H groups in total. The summed E-state index contributed by atoms with van der Waals surface area (Å²) in [4.78, 5) is 26.4. The number of nitrogens with one attached hydrogen (secondary N) is 1. The number of likely N-dealkylation sites (tertiary alicyclic amines) is 1. The Morgan fingerprint density at radius 2 is 1.83 bits per heavy atom. The molecule has 0 aliphatic carbocycles. The largest absolute Gasteiger partial charge is 0.368 e. The van der Waals surface area contributed by atoms with Crippen molar-refractivity contribution in [2.45, 2.75) is 44.8 Å². The van der Waals surface area contributed by atoms with Crippen molar-refractivity contribution in [2.75, 3.05) is 19.7 Å². The molecule has 2 amide bonds. The quantitative estimate of drug-likeness (QED) is 0.926. The van der Waals surface area contributed by atoms with Gasteiger partial charge in [-0.3, -0.25) is 9.59 Å². The van der Waals surface area contributed by atoms with Crippen molar-refractivity contribution >= 4 is 11.8 Å². The highest BCUT2D eigenvalue weighted by Gasteiger charge is 2.31. The maximum Gasteiger partial charge on any atom is 0.251 e. The minimum atomic E-state index is -0.242. The van der Waals surface area contributed by atoms with Gasteiger partial charge in [0, 0.05) is 31.3 Å². The van der Waals surface area contributed by atoms with Crippen molar-refractivity contribution in [3.05, 3.63) is 35.4 Å². The summed E-state index contributed by atoms with van der Waals surface area (Å²) in [5, 5.41) is 3.08. The number of hydrogen-bond acceptors (Lipinski definition) is 3. The number of carbonyl (C=O) groups excluding carboxylic acids is 2. The lowest BCUT2D eigenvalue weighted by Crippen LogP contribution is -2.49. The first kappa shape index (κ1) is 16.0. The first-order chi connectivity index (χ1) is 11.1. The van der Waals surface area contributed by atoms with Crippen LogP contribution >= 0.6 is 0 Å². The minimum Gasteiger partial charge on any atom is -0.368 e. The van der Waals surface area contributed by atoms with E-state index < -0.39 is 0 Å². The van der Waals surface area contributed by atoms with E-state index in [0.717, 1.165) is 31.2 Å². The maximum absolute atomic E-state index is 12.3. The van der Waals surface area contributed by atoms with Crippen LogP contribution in [0, 0.1) is 6.92 Å². The zero-order chi connectivity index (χ0) is 16.2. The van der Waals surface area contributed by atoms with E-state index in [2.05, 4.69) is 5.32 Å². The first-order valence-corrected chi connectivity index (χ1v) is 8.41. The van der Waals surface area contributed by atoms with E-state index in [-0.39, 0.29) is 24.0 Å². The van der Waals surface area contributed by atoms with Crippen LogP contribution in [-0.2, 0) is 9.53 Å². The molecular weight excluding hydrogens is 292 g/mol. The molecular formula is C18H24N2O3. The number of aryl methyl sites for hydroxylation is 1. The molecule has 3 rings (SSSR count). The van der Waals surface area contributed by atoms with E-state index in [1.807, 2.05) is 36.1 Å². The van der Waals surface area contributed by atoms with Crippen LogP contribution in [0.1, 0.15) is 41.6 Å². The molecule has 1 atom stereocenters. The van der Waals surface area contributed by atoms with E-state index >= 15 is 0 Å². The number of hydrogen-bond donors (Lipinski definition) is 1. The Labute approximate surface area is 137 Å². The number of ether oxygens (including phenoxy) is 1. The number of nitrogens with zero attached hydrogens (tertiary/aromatic N) is 1. The third-order valence-corrected chi connectivity index (χ3v) is 4.66. The van der Waals surface area contributed by atoms with Crippen molar-refractivity contribution in [1.29, 1.82) is 0 Å². The van der Waals surface area contributed by atoms with E-state index in [0.29, 0.717) is 25.3 Å². The van der Waals surface area contributed by atoms with Gasteiger partial charge >= 0.3 is 0 Å². The van der Waals surface area contributed by atoms with Gasteiger partial charge in [0.2, 0.25) is 0 Å². The molecule has 1 aromatic carbocycles. The van der Waals surface area contributed by atoms with Crippen LogP contribution in [0.25, 0.3) is 0 Å². The van der Waals surface area contributed by atoms with Crippen LogP contribution < -0.4 is 5.32 Å². The molecule has 0 bridgehead atoms. The minimum absolute atomic E-state index is 0.0334. The Balaban J connectivity index is 1.48. The lowest BCUT2D eigenvalue weighted by atomic mass is 10.0. The van der Waals surface area contributed by atoms with Crippen molar-refractivity contribution in [3.63, 3.8) is 0 Å². The molecule has 0 saturated carbocycles. The van der Waals surface area contributed by atoms with Crippen molar-refractivity contribution in [2.24, 2.45) is 0 Å². The van der Waals surface area contributed by atoms with Crippen LogP contribution in [0.15, 0.2) is 24.3 Å². The lowest BCUT2D eigenvalue weighted by Gasteiger charge is -2.33. The first-order valence-electron chi connectivity index (χ1n) is 8.41. The summed E-state index contributed by atoms with van der Waals surface area (Å²) in [6.45, 7) is 4.08. The second-order valence-corrected chi connectivity index (χ2v) is 6.44. The highest BCUT2D eigenvalue weighted by Crippen LogP contribution is 2.18. The van der Waals surface area contributed by atoms with E-state index in [1.54, 1.807) is 0 Å². The van der Waals surface area contributed by atoms with E-state index in [9.17, 15) is 9.59 Å². The monoisotopic (exact) mass is 316 g/mol. The third kappa shape index (κ3) is 3.91. The number of carbonyl (C=O) groups is 2. The molecule has 2 aliphatic rings. The number of rotatable bonds is 3. The van der Waals surface area contributed by atoms with Crippen molar-refractivity contribution < 1.29 is 14.3 Å². The van der Waals surface area contributed by atoms with Crippen molar-refractivity contribution in [1.82, 2.24) is 10.2 Å². The van der Waals surface area contributed by atoms with Gasteiger partial charge in [0.15, 0.2) is 0 Å². The van der Waals surface area contributed by atoms with Crippen LogP contribution in [0.5, 0.6) is 0 Å². The molecule has 0 aromatic heterocycles. The van der Waals surface area contributed by atoms with Crippen molar-refractivity contribution in [3.8, 4) is 0 Å². The van der Waals surface area contributed by atoms with Crippen LogP contribution in [0.4, 0.5) is 0 Å². The molecule has 2 saturated heterocycles.